The van der Waals surface area contributed by atoms with Crippen LogP contribution in [0.3, 0.4) is 0 Å². The summed E-state index contributed by atoms with van der Waals surface area (Å²) in [6, 6.07) is 1.92. The van der Waals surface area contributed by atoms with Crippen molar-refractivity contribution in [1.29, 1.82) is 0 Å². The van der Waals surface area contributed by atoms with Gasteiger partial charge in [0.05, 0.1) is 22.3 Å². The number of carbonyl (C=O) groups excluding carboxylic acids is 1. The zero-order valence-electron chi connectivity index (χ0n) is 15.3. The first-order valence-electron chi connectivity index (χ1n) is 8.02. The van der Waals surface area contributed by atoms with Crippen LogP contribution in [0.2, 0.25) is 0 Å². The smallest absolute Gasteiger partial charge is 0.237 e. The molecule has 0 aromatic carbocycles. The molecule has 0 aliphatic carbocycles. The van der Waals surface area contributed by atoms with Gasteiger partial charge in [0.1, 0.15) is 10.9 Å². The molecule has 0 aliphatic rings. The fourth-order valence-electron chi connectivity index (χ4n) is 2.29. The molecule has 0 aliphatic heterocycles. The second-order valence-electron chi connectivity index (χ2n) is 6.28. The fourth-order valence-corrected chi connectivity index (χ4v) is 3.21. The number of amides is 1. The molecule has 0 fully saturated rings. The van der Waals surface area contributed by atoms with Crippen molar-refractivity contribution >= 4 is 23.4 Å². The lowest BCUT2D eigenvalue weighted by Gasteiger charge is -2.13. The van der Waals surface area contributed by atoms with Crippen LogP contribution in [0.15, 0.2) is 11.1 Å². The van der Waals surface area contributed by atoms with Crippen molar-refractivity contribution in [3.8, 4) is 0 Å². The predicted molar refractivity (Wildman–Crippen MR) is 97.5 cm³/mol. The van der Waals surface area contributed by atoms with Gasteiger partial charge in [0, 0.05) is 18.7 Å². The number of anilines is 1. The van der Waals surface area contributed by atoms with Gasteiger partial charge in [-0.1, -0.05) is 25.6 Å². The predicted octanol–water partition coefficient (Wildman–Crippen LogP) is 3.38. The fraction of sp³-hybridized carbons (Fsp3) is 0.529. The van der Waals surface area contributed by atoms with Crippen LogP contribution in [-0.4, -0.2) is 30.9 Å². The van der Waals surface area contributed by atoms with E-state index in [4.69, 9.17) is 0 Å². The van der Waals surface area contributed by atoms with Gasteiger partial charge in [0.15, 0.2) is 0 Å². The van der Waals surface area contributed by atoms with Gasteiger partial charge in [-0.25, -0.2) is 9.97 Å². The van der Waals surface area contributed by atoms with Gasteiger partial charge in [-0.3, -0.25) is 9.48 Å². The topological polar surface area (TPSA) is 72.7 Å². The van der Waals surface area contributed by atoms with Crippen molar-refractivity contribution in [2.24, 2.45) is 7.05 Å². The van der Waals surface area contributed by atoms with Gasteiger partial charge in [-0.2, -0.15) is 5.10 Å². The average Bonchev–Trinajstić information content (AvgIpc) is 2.72. The van der Waals surface area contributed by atoms with E-state index in [2.05, 4.69) is 34.2 Å². The molecule has 2 aromatic heterocycles. The normalized spacial score (nSPS) is 12.5. The van der Waals surface area contributed by atoms with E-state index in [1.807, 2.05) is 40.8 Å². The third-order valence-electron chi connectivity index (χ3n) is 3.79. The van der Waals surface area contributed by atoms with Crippen LogP contribution in [0.4, 0.5) is 5.69 Å². The Labute approximate surface area is 147 Å². The van der Waals surface area contributed by atoms with Crippen LogP contribution in [0, 0.1) is 20.8 Å². The molecule has 6 nitrogen and oxygen atoms in total. The molecule has 1 unspecified atom stereocenters. The largest absolute Gasteiger partial charge is 0.322 e. The molecule has 1 N–H and O–H groups in total. The molecule has 2 aromatic rings. The third kappa shape index (κ3) is 4.14. The summed E-state index contributed by atoms with van der Waals surface area (Å²) in [6.07, 6.45) is 0. The quantitative estimate of drug-likeness (QED) is 0.663. The number of rotatable bonds is 5. The first kappa shape index (κ1) is 18.4. The van der Waals surface area contributed by atoms with Crippen molar-refractivity contribution in [3.05, 3.63) is 29.0 Å². The van der Waals surface area contributed by atoms with Crippen LogP contribution in [0.5, 0.6) is 0 Å². The Morgan fingerprint density at radius 1 is 1.21 bits per heavy atom. The molecular formula is C17H25N5OS. The number of nitrogens with one attached hydrogen (secondary N) is 1. The maximum atomic E-state index is 12.5. The molecule has 0 radical (unpaired) electrons. The lowest BCUT2D eigenvalue weighted by Crippen LogP contribution is -2.23. The highest BCUT2D eigenvalue weighted by Crippen LogP contribution is 2.26. The van der Waals surface area contributed by atoms with Gasteiger partial charge < -0.3 is 5.32 Å². The summed E-state index contributed by atoms with van der Waals surface area (Å²) in [5.41, 5.74) is 3.47. The van der Waals surface area contributed by atoms with Gasteiger partial charge in [-0.15, -0.1) is 0 Å². The summed E-state index contributed by atoms with van der Waals surface area (Å²) in [5.74, 6) is 1.01. The van der Waals surface area contributed by atoms with Crippen LogP contribution >= 0.6 is 11.8 Å². The molecule has 1 amide bonds. The standard InChI is InChI=1S/C17H25N5OS/c1-9(2)16-18-10(3)8-14(19-16)24-13(6)17(23)20-15-11(4)21-22(7)12(15)5/h8-9,13H,1-7H3,(H,20,23). The number of carbonyl (C=O) groups is 1. The van der Waals surface area contributed by atoms with E-state index >= 15 is 0 Å². The summed E-state index contributed by atoms with van der Waals surface area (Å²) in [7, 11) is 1.87. The SMILES string of the molecule is Cc1cc(SC(C)C(=O)Nc2c(C)nn(C)c2C)nc(C(C)C)n1. The number of hydrogen-bond donors (Lipinski definition) is 1. The molecule has 0 saturated heterocycles. The molecule has 1 atom stereocenters. The molecule has 2 heterocycles. The second kappa shape index (κ2) is 7.34. The van der Waals surface area contributed by atoms with E-state index in [0.29, 0.717) is 0 Å². The monoisotopic (exact) mass is 347 g/mol. The van der Waals surface area contributed by atoms with Crippen LogP contribution in [0.1, 0.15) is 49.6 Å². The maximum absolute atomic E-state index is 12.5. The van der Waals surface area contributed by atoms with E-state index in [1.54, 1.807) is 4.68 Å². The van der Waals surface area contributed by atoms with Gasteiger partial charge in [0.2, 0.25) is 5.91 Å². The Balaban J connectivity index is 2.12. The summed E-state index contributed by atoms with van der Waals surface area (Å²) in [6.45, 7) is 11.8. The first-order valence-corrected chi connectivity index (χ1v) is 8.90. The molecule has 0 spiro atoms. The molecule has 24 heavy (non-hydrogen) atoms. The zero-order chi connectivity index (χ0) is 18.0. The minimum Gasteiger partial charge on any atom is -0.322 e. The Morgan fingerprint density at radius 2 is 1.88 bits per heavy atom. The number of hydrogen-bond acceptors (Lipinski definition) is 5. The lowest BCUT2D eigenvalue weighted by molar-refractivity contribution is -0.115. The van der Waals surface area contributed by atoms with Crippen LogP contribution in [-0.2, 0) is 11.8 Å². The third-order valence-corrected chi connectivity index (χ3v) is 4.81. The van der Waals surface area contributed by atoms with Gasteiger partial charge >= 0.3 is 0 Å². The highest BCUT2D eigenvalue weighted by Gasteiger charge is 2.19. The van der Waals surface area contributed by atoms with Gasteiger partial charge in [-0.05, 0) is 33.8 Å². The van der Waals surface area contributed by atoms with E-state index in [9.17, 15) is 4.79 Å². The summed E-state index contributed by atoms with van der Waals surface area (Å²) in [4.78, 5) is 21.5. The molecule has 0 saturated carbocycles. The van der Waals surface area contributed by atoms with Crippen molar-refractivity contribution in [2.75, 3.05) is 5.32 Å². The minimum absolute atomic E-state index is 0.0541. The highest BCUT2D eigenvalue weighted by atomic mass is 32.2. The zero-order valence-corrected chi connectivity index (χ0v) is 16.2. The second-order valence-corrected chi connectivity index (χ2v) is 7.64. The Kier molecular flexibility index (Phi) is 5.64. The van der Waals surface area contributed by atoms with Gasteiger partial charge in [0.25, 0.3) is 0 Å². The van der Waals surface area contributed by atoms with E-state index in [-0.39, 0.29) is 17.1 Å². The van der Waals surface area contributed by atoms with Crippen molar-refractivity contribution < 1.29 is 4.79 Å². The number of nitrogens with zero attached hydrogens (tertiary/aromatic N) is 4. The summed E-state index contributed by atoms with van der Waals surface area (Å²) in [5, 5.41) is 7.87. The van der Waals surface area contributed by atoms with Crippen LogP contribution < -0.4 is 5.32 Å². The summed E-state index contributed by atoms with van der Waals surface area (Å²) < 4.78 is 1.77. The maximum Gasteiger partial charge on any atom is 0.237 e. The number of aryl methyl sites for hydroxylation is 3. The highest BCUT2D eigenvalue weighted by molar-refractivity contribution is 8.00. The van der Waals surface area contributed by atoms with Crippen molar-refractivity contribution in [3.63, 3.8) is 0 Å². The van der Waals surface area contributed by atoms with Crippen molar-refractivity contribution in [2.45, 2.75) is 57.7 Å². The molecule has 2 rings (SSSR count). The molecule has 130 valence electrons. The molecular weight excluding hydrogens is 322 g/mol. The van der Waals surface area contributed by atoms with Crippen molar-refractivity contribution in [1.82, 2.24) is 19.7 Å². The van der Waals surface area contributed by atoms with Crippen LogP contribution in [0.25, 0.3) is 0 Å². The minimum atomic E-state index is -0.265. The average molecular weight is 347 g/mol. The summed E-state index contributed by atoms with van der Waals surface area (Å²) >= 11 is 1.44. The van der Waals surface area contributed by atoms with E-state index in [0.717, 1.165) is 33.6 Å². The Hall–Kier alpha value is -1.89. The Morgan fingerprint density at radius 3 is 2.42 bits per heavy atom. The molecule has 0 bridgehead atoms. The molecule has 7 heteroatoms. The number of aromatic nitrogens is 4. The van der Waals surface area contributed by atoms with E-state index in [1.165, 1.54) is 11.8 Å². The Bertz CT molecular complexity index is 754. The number of thioether (sulfide) groups is 1. The lowest BCUT2D eigenvalue weighted by atomic mass is 10.2. The first-order chi connectivity index (χ1) is 11.2. The van der Waals surface area contributed by atoms with E-state index < -0.39 is 0 Å².